The lowest BCUT2D eigenvalue weighted by molar-refractivity contribution is 0.0522. The largest absolute Gasteiger partial charge is 0.465 e. The van der Waals surface area contributed by atoms with Crippen molar-refractivity contribution in [2.24, 2.45) is 12.9 Å². The number of carbonyl (C=O) groups is 1. The lowest BCUT2D eigenvalue weighted by atomic mass is 10.2. The predicted octanol–water partition coefficient (Wildman–Crippen LogP) is 0.158. The van der Waals surface area contributed by atoms with Crippen molar-refractivity contribution < 1.29 is 14.4 Å². The molecule has 0 spiro atoms. The number of nitrogens with zero attached hydrogens (tertiary/aromatic N) is 2. The van der Waals surface area contributed by atoms with E-state index in [1.165, 1.54) is 18.0 Å². The highest BCUT2D eigenvalue weighted by Gasteiger charge is 2.21. The molecule has 0 aliphatic rings. The first-order chi connectivity index (χ1) is 6.61. The first-order valence-electron chi connectivity index (χ1n) is 4.07. The number of hydrogen-bond donors (Lipinski definition) is 1. The molecule has 0 fully saturated rings. The molecule has 0 aliphatic carbocycles. The fraction of sp³-hybridized carbons (Fsp3) is 0.500. The molecule has 0 radical (unpaired) electrons. The van der Waals surface area contributed by atoms with Crippen LogP contribution in [0, 0.1) is 0 Å². The van der Waals surface area contributed by atoms with E-state index in [9.17, 15) is 4.79 Å². The Morgan fingerprint density at radius 1 is 1.71 bits per heavy atom. The quantitative estimate of drug-likeness (QED) is 0.554. The van der Waals surface area contributed by atoms with Gasteiger partial charge in [-0.05, 0) is 6.92 Å². The molecular weight excluding hydrogens is 186 g/mol. The van der Waals surface area contributed by atoms with Crippen LogP contribution >= 0.6 is 0 Å². The molecule has 0 amide bonds. The predicted molar refractivity (Wildman–Crippen MR) is 48.2 cm³/mol. The van der Waals surface area contributed by atoms with Crippen LogP contribution < -0.4 is 5.90 Å². The van der Waals surface area contributed by atoms with Crippen LogP contribution in [0.4, 0.5) is 0 Å². The molecule has 0 saturated carbocycles. The van der Waals surface area contributed by atoms with Crippen LogP contribution in [0.25, 0.3) is 0 Å². The molecule has 6 nitrogen and oxygen atoms in total. The number of hydrogen-bond acceptors (Lipinski definition) is 5. The van der Waals surface area contributed by atoms with Crippen LogP contribution in [0.15, 0.2) is 6.20 Å². The van der Waals surface area contributed by atoms with Gasteiger partial charge in [0.25, 0.3) is 0 Å². The van der Waals surface area contributed by atoms with E-state index in [0.29, 0.717) is 11.3 Å². The molecule has 1 aromatic heterocycles. The lowest BCUT2D eigenvalue weighted by Gasteiger charge is -2.10. The summed E-state index contributed by atoms with van der Waals surface area (Å²) >= 11 is 0. The summed E-state index contributed by atoms with van der Waals surface area (Å²) in [6, 6.07) is 0. The van der Waals surface area contributed by atoms with Gasteiger partial charge in [0.1, 0.15) is 11.7 Å². The molecular formula is C8H13N3O3. The van der Waals surface area contributed by atoms with E-state index >= 15 is 0 Å². The van der Waals surface area contributed by atoms with E-state index in [2.05, 4.69) is 14.7 Å². The van der Waals surface area contributed by atoms with Crippen LogP contribution in [-0.2, 0) is 16.6 Å². The van der Waals surface area contributed by atoms with Gasteiger partial charge in [-0.1, -0.05) is 0 Å². The molecule has 1 heterocycles. The van der Waals surface area contributed by atoms with Crippen molar-refractivity contribution in [1.29, 1.82) is 0 Å². The maximum absolute atomic E-state index is 11.3. The lowest BCUT2D eigenvalue weighted by Crippen LogP contribution is -2.14. The molecule has 1 aromatic rings. The highest BCUT2D eigenvalue weighted by Crippen LogP contribution is 2.19. The minimum Gasteiger partial charge on any atom is -0.465 e. The van der Waals surface area contributed by atoms with E-state index in [1.54, 1.807) is 14.0 Å². The van der Waals surface area contributed by atoms with Gasteiger partial charge in [-0.25, -0.2) is 10.7 Å². The van der Waals surface area contributed by atoms with Gasteiger partial charge >= 0.3 is 5.97 Å². The summed E-state index contributed by atoms with van der Waals surface area (Å²) in [7, 11) is 3.02. The molecule has 6 heteroatoms. The highest BCUT2D eigenvalue weighted by molar-refractivity contribution is 5.90. The van der Waals surface area contributed by atoms with Crippen molar-refractivity contribution in [2.75, 3.05) is 7.11 Å². The third kappa shape index (κ3) is 1.75. The second kappa shape index (κ2) is 4.21. The second-order valence-electron chi connectivity index (χ2n) is 2.84. The maximum atomic E-state index is 11.3. The molecule has 0 bridgehead atoms. The number of esters is 1. The van der Waals surface area contributed by atoms with Crippen molar-refractivity contribution in [1.82, 2.24) is 9.78 Å². The van der Waals surface area contributed by atoms with Gasteiger partial charge in [0, 0.05) is 7.05 Å². The summed E-state index contributed by atoms with van der Waals surface area (Å²) in [6.07, 6.45) is 1.02. The zero-order chi connectivity index (χ0) is 10.7. The molecule has 14 heavy (non-hydrogen) atoms. The Morgan fingerprint density at radius 3 is 2.86 bits per heavy atom. The third-order valence-electron chi connectivity index (χ3n) is 1.98. The average molecular weight is 199 g/mol. The molecule has 1 unspecified atom stereocenters. The van der Waals surface area contributed by atoms with Crippen LogP contribution in [-0.4, -0.2) is 22.9 Å². The van der Waals surface area contributed by atoms with Crippen molar-refractivity contribution in [3.63, 3.8) is 0 Å². The Balaban J connectivity index is 3.12. The number of aromatic nitrogens is 2. The van der Waals surface area contributed by atoms with Crippen LogP contribution in [0.2, 0.25) is 0 Å². The Hall–Kier alpha value is -1.40. The highest BCUT2D eigenvalue weighted by atomic mass is 16.6. The van der Waals surface area contributed by atoms with E-state index < -0.39 is 12.1 Å². The molecule has 1 rings (SSSR count). The normalized spacial score (nSPS) is 12.6. The zero-order valence-electron chi connectivity index (χ0n) is 8.35. The smallest absolute Gasteiger partial charge is 0.341 e. The van der Waals surface area contributed by atoms with Gasteiger partial charge < -0.3 is 4.74 Å². The standard InChI is InChI=1S/C8H13N3O3/c1-5(14-9)7-6(8(12)13-3)4-10-11(7)2/h4-5H,9H2,1-3H3. The van der Waals surface area contributed by atoms with Crippen LogP contribution in [0.3, 0.4) is 0 Å². The molecule has 78 valence electrons. The van der Waals surface area contributed by atoms with Gasteiger partial charge in [-0.2, -0.15) is 5.10 Å². The van der Waals surface area contributed by atoms with Gasteiger partial charge in [0.2, 0.25) is 0 Å². The van der Waals surface area contributed by atoms with Crippen LogP contribution in [0.5, 0.6) is 0 Å². The Kier molecular flexibility index (Phi) is 3.21. The summed E-state index contributed by atoms with van der Waals surface area (Å²) in [4.78, 5) is 15.9. The fourth-order valence-electron chi connectivity index (χ4n) is 1.26. The number of carbonyl (C=O) groups excluding carboxylic acids is 1. The second-order valence-corrected chi connectivity index (χ2v) is 2.84. The fourth-order valence-corrected chi connectivity index (χ4v) is 1.26. The molecule has 0 saturated heterocycles. The molecule has 2 N–H and O–H groups in total. The van der Waals surface area contributed by atoms with E-state index in [4.69, 9.17) is 5.90 Å². The monoisotopic (exact) mass is 199 g/mol. The van der Waals surface area contributed by atoms with E-state index in [1.807, 2.05) is 0 Å². The first kappa shape index (κ1) is 10.7. The Bertz CT molecular complexity index is 335. The van der Waals surface area contributed by atoms with Gasteiger partial charge in [0.05, 0.1) is 19.0 Å². The third-order valence-corrected chi connectivity index (χ3v) is 1.98. The maximum Gasteiger partial charge on any atom is 0.341 e. The Labute approximate surface area is 81.5 Å². The number of nitrogens with two attached hydrogens (primary N) is 1. The van der Waals surface area contributed by atoms with Crippen LogP contribution in [0.1, 0.15) is 29.1 Å². The van der Waals surface area contributed by atoms with E-state index in [-0.39, 0.29) is 0 Å². The van der Waals surface area contributed by atoms with Gasteiger partial charge in [0.15, 0.2) is 0 Å². The van der Waals surface area contributed by atoms with Crippen molar-refractivity contribution in [3.8, 4) is 0 Å². The zero-order valence-corrected chi connectivity index (χ0v) is 8.35. The summed E-state index contributed by atoms with van der Waals surface area (Å²) < 4.78 is 6.13. The Morgan fingerprint density at radius 2 is 2.36 bits per heavy atom. The first-order valence-corrected chi connectivity index (χ1v) is 4.07. The minimum atomic E-state index is -0.447. The summed E-state index contributed by atoms with van der Waals surface area (Å²) in [5.74, 6) is 4.60. The number of methoxy groups -OCH3 is 1. The van der Waals surface area contributed by atoms with Crippen molar-refractivity contribution in [3.05, 3.63) is 17.5 Å². The minimum absolute atomic E-state index is 0.368. The van der Waals surface area contributed by atoms with Crippen molar-refractivity contribution in [2.45, 2.75) is 13.0 Å². The number of aryl methyl sites for hydroxylation is 1. The van der Waals surface area contributed by atoms with Crippen molar-refractivity contribution >= 4 is 5.97 Å². The molecule has 1 atom stereocenters. The SMILES string of the molecule is COC(=O)c1cnn(C)c1C(C)ON. The number of rotatable bonds is 3. The molecule has 0 aromatic carbocycles. The summed E-state index contributed by atoms with van der Waals surface area (Å²) in [6.45, 7) is 1.73. The summed E-state index contributed by atoms with van der Waals surface area (Å²) in [5.41, 5.74) is 0.965. The van der Waals surface area contributed by atoms with Gasteiger partial charge in [-0.15, -0.1) is 0 Å². The average Bonchev–Trinajstić information content (AvgIpc) is 2.58. The molecule has 0 aliphatic heterocycles. The topological polar surface area (TPSA) is 79.4 Å². The van der Waals surface area contributed by atoms with E-state index in [0.717, 1.165) is 0 Å². The van der Waals surface area contributed by atoms with Gasteiger partial charge in [-0.3, -0.25) is 9.52 Å². The summed E-state index contributed by atoms with van der Waals surface area (Å²) in [5, 5.41) is 3.93. The number of ether oxygens (including phenoxy) is 1.